The SMILES string of the molecule is O=C1CCC(CC(=O)N2CCC(c3n[nH]c(=O)n3-c3ccccc3)CC2)N1. The third-order valence-electron chi connectivity index (χ3n) is 5.43. The molecule has 1 unspecified atom stereocenters. The molecule has 8 heteroatoms. The monoisotopic (exact) mass is 369 g/mol. The van der Waals surface area contributed by atoms with Crippen molar-refractivity contribution in [2.75, 3.05) is 13.1 Å². The second kappa shape index (κ2) is 7.38. The number of likely N-dealkylation sites (tertiary alicyclic amines) is 1. The van der Waals surface area contributed by atoms with E-state index in [1.807, 2.05) is 35.2 Å². The lowest BCUT2D eigenvalue weighted by Gasteiger charge is -2.32. The number of rotatable bonds is 4. The van der Waals surface area contributed by atoms with E-state index in [4.69, 9.17) is 0 Å². The van der Waals surface area contributed by atoms with E-state index >= 15 is 0 Å². The van der Waals surface area contributed by atoms with Gasteiger partial charge < -0.3 is 10.2 Å². The van der Waals surface area contributed by atoms with Gasteiger partial charge in [-0.3, -0.25) is 9.59 Å². The van der Waals surface area contributed by atoms with Gasteiger partial charge in [0, 0.05) is 37.9 Å². The molecule has 2 saturated heterocycles. The van der Waals surface area contributed by atoms with Crippen molar-refractivity contribution in [3.8, 4) is 5.69 Å². The Kier molecular flexibility index (Phi) is 4.79. The van der Waals surface area contributed by atoms with Crippen molar-refractivity contribution >= 4 is 11.8 Å². The Balaban J connectivity index is 1.41. The van der Waals surface area contributed by atoms with Crippen LogP contribution in [0.2, 0.25) is 0 Å². The topological polar surface area (TPSA) is 100 Å². The van der Waals surface area contributed by atoms with Crippen molar-refractivity contribution in [2.45, 2.75) is 44.1 Å². The molecule has 2 aliphatic heterocycles. The molecule has 3 heterocycles. The second-order valence-electron chi connectivity index (χ2n) is 7.22. The van der Waals surface area contributed by atoms with Crippen LogP contribution in [0.5, 0.6) is 0 Å². The van der Waals surface area contributed by atoms with Gasteiger partial charge in [-0.05, 0) is 31.4 Å². The highest BCUT2D eigenvalue weighted by Crippen LogP contribution is 2.28. The molecule has 0 aliphatic carbocycles. The van der Waals surface area contributed by atoms with Gasteiger partial charge in [0.05, 0.1) is 5.69 Å². The molecule has 0 radical (unpaired) electrons. The van der Waals surface area contributed by atoms with Gasteiger partial charge in [-0.25, -0.2) is 14.5 Å². The van der Waals surface area contributed by atoms with Gasteiger partial charge in [0.2, 0.25) is 11.8 Å². The Morgan fingerprint density at radius 1 is 1.11 bits per heavy atom. The molecular weight excluding hydrogens is 346 g/mol. The van der Waals surface area contributed by atoms with Crippen LogP contribution in [0.25, 0.3) is 5.69 Å². The number of carbonyl (C=O) groups excluding carboxylic acids is 2. The standard InChI is InChI=1S/C19H23N5O3/c25-16-7-6-14(20-16)12-17(26)23-10-8-13(9-11-23)18-21-22-19(27)24(18)15-4-2-1-3-5-15/h1-5,13-14H,6-12H2,(H,20,25)(H,22,27). The quantitative estimate of drug-likeness (QED) is 0.837. The Morgan fingerprint density at radius 3 is 2.52 bits per heavy atom. The van der Waals surface area contributed by atoms with Gasteiger partial charge in [-0.2, -0.15) is 5.10 Å². The molecule has 2 N–H and O–H groups in total. The molecule has 0 saturated carbocycles. The Hall–Kier alpha value is -2.90. The number of nitrogens with one attached hydrogen (secondary N) is 2. The normalized spacial score (nSPS) is 20.7. The molecule has 2 amide bonds. The fraction of sp³-hybridized carbons (Fsp3) is 0.474. The number of aromatic amines is 1. The number of carbonyl (C=O) groups is 2. The molecule has 0 bridgehead atoms. The van der Waals surface area contributed by atoms with E-state index in [0.717, 1.165) is 30.8 Å². The van der Waals surface area contributed by atoms with Gasteiger partial charge in [0.25, 0.3) is 0 Å². The van der Waals surface area contributed by atoms with Crippen LogP contribution in [0.4, 0.5) is 0 Å². The third kappa shape index (κ3) is 3.65. The summed E-state index contributed by atoms with van der Waals surface area (Å²) >= 11 is 0. The minimum absolute atomic E-state index is 0.0303. The van der Waals surface area contributed by atoms with Crippen LogP contribution in [0.3, 0.4) is 0 Å². The summed E-state index contributed by atoms with van der Waals surface area (Å²) in [6, 6.07) is 9.43. The van der Waals surface area contributed by atoms with Gasteiger partial charge in [-0.15, -0.1) is 0 Å². The highest BCUT2D eigenvalue weighted by atomic mass is 16.2. The maximum atomic E-state index is 12.5. The minimum atomic E-state index is -0.244. The first-order chi connectivity index (χ1) is 13.1. The Morgan fingerprint density at radius 2 is 1.85 bits per heavy atom. The van der Waals surface area contributed by atoms with Crippen LogP contribution in [0.15, 0.2) is 35.1 Å². The van der Waals surface area contributed by atoms with E-state index in [9.17, 15) is 14.4 Å². The molecule has 1 atom stereocenters. The first-order valence-corrected chi connectivity index (χ1v) is 9.41. The van der Waals surface area contributed by atoms with Gasteiger partial charge >= 0.3 is 5.69 Å². The average Bonchev–Trinajstić information content (AvgIpc) is 3.28. The zero-order valence-corrected chi connectivity index (χ0v) is 15.1. The van der Waals surface area contributed by atoms with Crippen molar-refractivity contribution in [1.82, 2.24) is 25.0 Å². The largest absolute Gasteiger partial charge is 0.353 e. The fourth-order valence-electron chi connectivity index (χ4n) is 3.97. The second-order valence-corrected chi connectivity index (χ2v) is 7.22. The Labute approximate surface area is 156 Å². The number of hydrogen-bond donors (Lipinski definition) is 2. The highest BCUT2D eigenvalue weighted by molar-refractivity contribution is 5.82. The van der Waals surface area contributed by atoms with E-state index in [2.05, 4.69) is 15.5 Å². The van der Waals surface area contributed by atoms with E-state index in [1.54, 1.807) is 4.57 Å². The van der Waals surface area contributed by atoms with Gasteiger partial charge in [0.1, 0.15) is 5.82 Å². The van der Waals surface area contributed by atoms with Gasteiger partial charge in [-0.1, -0.05) is 18.2 Å². The van der Waals surface area contributed by atoms with Crippen LogP contribution < -0.4 is 11.0 Å². The zero-order chi connectivity index (χ0) is 18.8. The van der Waals surface area contributed by atoms with E-state index < -0.39 is 0 Å². The van der Waals surface area contributed by atoms with Crippen molar-refractivity contribution in [1.29, 1.82) is 0 Å². The summed E-state index contributed by atoms with van der Waals surface area (Å²) in [4.78, 5) is 37.9. The Bertz CT molecular complexity index is 880. The molecule has 1 aromatic heterocycles. The van der Waals surface area contributed by atoms with Gasteiger partial charge in [0.15, 0.2) is 0 Å². The summed E-state index contributed by atoms with van der Waals surface area (Å²) in [7, 11) is 0. The highest BCUT2D eigenvalue weighted by Gasteiger charge is 2.30. The van der Waals surface area contributed by atoms with Crippen LogP contribution in [0.1, 0.15) is 43.8 Å². The maximum absolute atomic E-state index is 12.5. The van der Waals surface area contributed by atoms with Crippen LogP contribution in [-0.2, 0) is 9.59 Å². The fourth-order valence-corrected chi connectivity index (χ4v) is 3.97. The van der Waals surface area contributed by atoms with Crippen LogP contribution >= 0.6 is 0 Å². The lowest BCUT2D eigenvalue weighted by Crippen LogP contribution is -2.41. The van der Waals surface area contributed by atoms with E-state index in [0.29, 0.717) is 25.9 Å². The number of aromatic nitrogens is 3. The minimum Gasteiger partial charge on any atom is -0.353 e. The smallest absolute Gasteiger partial charge is 0.347 e. The van der Waals surface area contributed by atoms with E-state index in [1.165, 1.54) is 0 Å². The first-order valence-electron chi connectivity index (χ1n) is 9.41. The molecule has 27 heavy (non-hydrogen) atoms. The molecule has 142 valence electrons. The molecule has 2 aliphatic rings. The predicted molar refractivity (Wildman–Crippen MR) is 98.5 cm³/mol. The molecule has 1 aromatic carbocycles. The number of nitrogens with zero attached hydrogens (tertiary/aromatic N) is 3. The molecule has 4 rings (SSSR count). The number of amides is 2. The molecular formula is C19H23N5O3. The lowest BCUT2D eigenvalue weighted by atomic mass is 9.95. The van der Waals surface area contributed by atoms with E-state index in [-0.39, 0.29) is 29.5 Å². The number of H-pyrrole nitrogens is 1. The van der Waals surface area contributed by atoms with Crippen LogP contribution in [-0.4, -0.2) is 50.6 Å². The number of hydrogen-bond acceptors (Lipinski definition) is 4. The third-order valence-corrected chi connectivity index (χ3v) is 5.43. The summed E-state index contributed by atoms with van der Waals surface area (Å²) in [5, 5.41) is 9.66. The number of piperidine rings is 1. The van der Waals surface area contributed by atoms with Crippen LogP contribution in [0, 0.1) is 0 Å². The van der Waals surface area contributed by atoms with Crippen molar-refractivity contribution < 1.29 is 9.59 Å². The lowest BCUT2D eigenvalue weighted by molar-refractivity contribution is -0.132. The van der Waals surface area contributed by atoms with Crippen molar-refractivity contribution in [3.63, 3.8) is 0 Å². The van der Waals surface area contributed by atoms with Crippen molar-refractivity contribution in [2.24, 2.45) is 0 Å². The summed E-state index contributed by atoms with van der Waals surface area (Å²) in [6.45, 7) is 1.28. The summed E-state index contributed by atoms with van der Waals surface area (Å²) < 4.78 is 1.62. The molecule has 8 nitrogen and oxygen atoms in total. The zero-order valence-electron chi connectivity index (χ0n) is 15.1. The summed E-state index contributed by atoms with van der Waals surface area (Å²) in [6.07, 6.45) is 3.14. The molecule has 2 fully saturated rings. The molecule has 0 spiro atoms. The maximum Gasteiger partial charge on any atom is 0.347 e. The first kappa shape index (κ1) is 17.5. The number of para-hydroxylation sites is 1. The number of benzene rings is 1. The van der Waals surface area contributed by atoms with Crippen molar-refractivity contribution in [3.05, 3.63) is 46.6 Å². The summed E-state index contributed by atoms with van der Waals surface area (Å²) in [5.41, 5.74) is 0.549. The summed E-state index contributed by atoms with van der Waals surface area (Å²) in [5.74, 6) is 0.966. The predicted octanol–water partition coefficient (Wildman–Crippen LogP) is 0.935. The average molecular weight is 369 g/mol. The molecule has 2 aromatic rings.